The highest BCUT2D eigenvalue weighted by atomic mass is 16.5. The molecule has 4 heteroatoms. The zero-order chi connectivity index (χ0) is 15.4. The standard InChI is InChI=1S/C18H16N2O2/c1-13-11-17(20-22-13)12-19-18(21)16-9-7-15(8-10-16)14-5-3-2-4-6-14/h2-11H,12H2,1H3,(H,19,21). The van der Waals surface area contributed by atoms with Crippen molar-refractivity contribution in [3.8, 4) is 11.1 Å². The maximum Gasteiger partial charge on any atom is 0.251 e. The predicted molar refractivity (Wildman–Crippen MR) is 84.3 cm³/mol. The Hall–Kier alpha value is -2.88. The van der Waals surface area contributed by atoms with Gasteiger partial charge in [-0.25, -0.2) is 0 Å². The molecule has 0 aliphatic carbocycles. The molecule has 0 saturated heterocycles. The number of amides is 1. The van der Waals surface area contributed by atoms with Gasteiger partial charge in [0.15, 0.2) is 0 Å². The molecule has 22 heavy (non-hydrogen) atoms. The predicted octanol–water partition coefficient (Wildman–Crippen LogP) is 3.58. The molecule has 0 aliphatic rings. The number of aryl methyl sites for hydroxylation is 1. The molecule has 0 bridgehead atoms. The Morgan fingerprint density at radius 2 is 1.73 bits per heavy atom. The number of nitrogens with one attached hydrogen (secondary N) is 1. The second-order valence-electron chi connectivity index (χ2n) is 5.05. The number of nitrogens with zero attached hydrogens (tertiary/aromatic N) is 1. The molecule has 2 aromatic carbocycles. The van der Waals surface area contributed by atoms with E-state index in [0.717, 1.165) is 16.9 Å². The van der Waals surface area contributed by atoms with Gasteiger partial charge >= 0.3 is 0 Å². The second-order valence-corrected chi connectivity index (χ2v) is 5.05. The smallest absolute Gasteiger partial charge is 0.251 e. The average Bonchev–Trinajstić information content (AvgIpc) is 2.99. The Bertz CT molecular complexity index is 761. The summed E-state index contributed by atoms with van der Waals surface area (Å²) in [5.41, 5.74) is 3.56. The summed E-state index contributed by atoms with van der Waals surface area (Å²) in [7, 11) is 0. The zero-order valence-electron chi connectivity index (χ0n) is 12.2. The molecule has 0 saturated carbocycles. The Labute approximate surface area is 128 Å². The van der Waals surface area contributed by atoms with Crippen LogP contribution in [-0.4, -0.2) is 11.1 Å². The monoisotopic (exact) mass is 292 g/mol. The Morgan fingerprint density at radius 3 is 2.36 bits per heavy atom. The topological polar surface area (TPSA) is 55.1 Å². The lowest BCUT2D eigenvalue weighted by Crippen LogP contribution is -2.22. The maximum atomic E-state index is 12.1. The van der Waals surface area contributed by atoms with Crippen molar-refractivity contribution in [1.82, 2.24) is 10.5 Å². The van der Waals surface area contributed by atoms with E-state index in [1.807, 2.05) is 61.5 Å². The molecular formula is C18H16N2O2. The van der Waals surface area contributed by atoms with Crippen LogP contribution >= 0.6 is 0 Å². The van der Waals surface area contributed by atoms with E-state index in [4.69, 9.17) is 4.52 Å². The molecule has 0 spiro atoms. The summed E-state index contributed by atoms with van der Waals surface area (Å²) in [5.74, 6) is 0.608. The fraction of sp³-hybridized carbons (Fsp3) is 0.111. The number of hydrogen-bond acceptors (Lipinski definition) is 3. The first kappa shape index (κ1) is 14.1. The van der Waals surface area contributed by atoms with Crippen molar-refractivity contribution in [2.45, 2.75) is 13.5 Å². The fourth-order valence-electron chi connectivity index (χ4n) is 2.22. The van der Waals surface area contributed by atoms with Gasteiger partial charge in [-0.05, 0) is 30.2 Å². The van der Waals surface area contributed by atoms with Crippen LogP contribution in [0, 0.1) is 6.92 Å². The summed E-state index contributed by atoms with van der Waals surface area (Å²) in [6.45, 7) is 2.18. The number of hydrogen-bond donors (Lipinski definition) is 1. The third kappa shape index (κ3) is 3.23. The lowest BCUT2D eigenvalue weighted by Gasteiger charge is -2.05. The van der Waals surface area contributed by atoms with E-state index in [0.29, 0.717) is 17.8 Å². The molecule has 4 nitrogen and oxygen atoms in total. The number of carbonyl (C=O) groups is 1. The SMILES string of the molecule is Cc1cc(CNC(=O)c2ccc(-c3ccccc3)cc2)no1. The van der Waals surface area contributed by atoms with Crippen LogP contribution in [0.1, 0.15) is 21.8 Å². The van der Waals surface area contributed by atoms with Crippen LogP contribution in [0.15, 0.2) is 65.2 Å². The molecule has 0 unspecified atom stereocenters. The van der Waals surface area contributed by atoms with Gasteiger partial charge in [0, 0.05) is 11.6 Å². The molecule has 3 aromatic rings. The third-order valence-corrected chi connectivity index (χ3v) is 3.36. The van der Waals surface area contributed by atoms with Gasteiger partial charge in [0.05, 0.1) is 6.54 Å². The highest BCUT2D eigenvalue weighted by Gasteiger charge is 2.07. The van der Waals surface area contributed by atoms with Crippen LogP contribution in [0.3, 0.4) is 0 Å². The molecule has 1 amide bonds. The van der Waals surface area contributed by atoms with Crippen LogP contribution in [0.25, 0.3) is 11.1 Å². The van der Waals surface area contributed by atoms with Crippen molar-refractivity contribution < 1.29 is 9.32 Å². The van der Waals surface area contributed by atoms with Crippen molar-refractivity contribution in [3.05, 3.63) is 77.7 Å². The molecule has 1 N–H and O–H groups in total. The van der Waals surface area contributed by atoms with Crippen LogP contribution in [0.4, 0.5) is 0 Å². The van der Waals surface area contributed by atoms with Gasteiger partial charge in [0.2, 0.25) is 0 Å². The quantitative estimate of drug-likeness (QED) is 0.799. The normalized spacial score (nSPS) is 10.4. The van der Waals surface area contributed by atoms with Crippen LogP contribution in [0.5, 0.6) is 0 Å². The molecule has 1 aromatic heterocycles. The summed E-state index contributed by atoms with van der Waals surface area (Å²) in [4.78, 5) is 12.1. The Kier molecular flexibility index (Phi) is 4.01. The number of benzene rings is 2. The van der Waals surface area contributed by atoms with Gasteiger partial charge in [-0.2, -0.15) is 0 Å². The van der Waals surface area contributed by atoms with Crippen molar-refractivity contribution in [2.75, 3.05) is 0 Å². The molecule has 0 aliphatic heterocycles. The minimum Gasteiger partial charge on any atom is -0.361 e. The van der Waals surface area contributed by atoms with E-state index in [2.05, 4.69) is 10.5 Å². The first-order valence-electron chi connectivity index (χ1n) is 7.08. The zero-order valence-corrected chi connectivity index (χ0v) is 12.2. The Morgan fingerprint density at radius 1 is 1.05 bits per heavy atom. The molecule has 110 valence electrons. The van der Waals surface area contributed by atoms with Crippen molar-refractivity contribution >= 4 is 5.91 Å². The van der Waals surface area contributed by atoms with Gasteiger partial charge in [-0.3, -0.25) is 4.79 Å². The van der Waals surface area contributed by atoms with Gasteiger partial charge < -0.3 is 9.84 Å². The summed E-state index contributed by atoms with van der Waals surface area (Å²) < 4.78 is 4.97. The molecule has 0 radical (unpaired) electrons. The highest BCUT2D eigenvalue weighted by Crippen LogP contribution is 2.19. The first-order valence-corrected chi connectivity index (χ1v) is 7.08. The van der Waals surface area contributed by atoms with E-state index >= 15 is 0 Å². The van der Waals surface area contributed by atoms with E-state index in [1.54, 1.807) is 6.07 Å². The number of carbonyl (C=O) groups excluding carboxylic acids is 1. The summed E-state index contributed by atoms with van der Waals surface area (Å²) >= 11 is 0. The van der Waals surface area contributed by atoms with Gasteiger partial charge in [-0.1, -0.05) is 47.6 Å². The summed E-state index contributed by atoms with van der Waals surface area (Å²) in [6, 6.07) is 19.4. The highest BCUT2D eigenvalue weighted by molar-refractivity contribution is 5.94. The molecule has 0 fully saturated rings. The average molecular weight is 292 g/mol. The van der Waals surface area contributed by atoms with Gasteiger partial charge in [0.25, 0.3) is 5.91 Å². The lowest BCUT2D eigenvalue weighted by atomic mass is 10.0. The van der Waals surface area contributed by atoms with E-state index < -0.39 is 0 Å². The lowest BCUT2D eigenvalue weighted by molar-refractivity contribution is 0.0950. The van der Waals surface area contributed by atoms with Crippen molar-refractivity contribution in [2.24, 2.45) is 0 Å². The Balaban J connectivity index is 1.66. The molecule has 1 heterocycles. The number of aromatic nitrogens is 1. The van der Waals surface area contributed by atoms with Crippen LogP contribution < -0.4 is 5.32 Å². The van der Waals surface area contributed by atoms with E-state index in [9.17, 15) is 4.79 Å². The van der Waals surface area contributed by atoms with Gasteiger partial charge in [-0.15, -0.1) is 0 Å². The second kappa shape index (κ2) is 6.26. The molecule has 3 rings (SSSR count). The van der Waals surface area contributed by atoms with Crippen LogP contribution in [0.2, 0.25) is 0 Å². The van der Waals surface area contributed by atoms with E-state index in [-0.39, 0.29) is 5.91 Å². The van der Waals surface area contributed by atoms with Gasteiger partial charge in [0.1, 0.15) is 11.5 Å². The largest absolute Gasteiger partial charge is 0.361 e. The maximum absolute atomic E-state index is 12.1. The van der Waals surface area contributed by atoms with E-state index in [1.165, 1.54) is 0 Å². The molecular weight excluding hydrogens is 276 g/mol. The molecule has 0 atom stereocenters. The number of rotatable bonds is 4. The first-order chi connectivity index (χ1) is 10.7. The van der Waals surface area contributed by atoms with Crippen molar-refractivity contribution in [1.29, 1.82) is 0 Å². The van der Waals surface area contributed by atoms with Crippen molar-refractivity contribution in [3.63, 3.8) is 0 Å². The fourth-order valence-corrected chi connectivity index (χ4v) is 2.22. The third-order valence-electron chi connectivity index (χ3n) is 3.36. The van der Waals surface area contributed by atoms with Crippen LogP contribution in [-0.2, 0) is 6.54 Å². The minimum absolute atomic E-state index is 0.125. The summed E-state index contributed by atoms with van der Waals surface area (Å²) in [5, 5.41) is 6.67. The summed E-state index contributed by atoms with van der Waals surface area (Å²) in [6.07, 6.45) is 0. The minimum atomic E-state index is -0.125.